The molecule has 0 radical (unpaired) electrons. The first-order valence-electron chi connectivity index (χ1n) is 6.69. The molecule has 2 rings (SSSR count). The summed E-state index contributed by atoms with van der Waals surface area (Å²) in [6, 6.07) is 3.77. The molecule has 1 N–H and O–H groups in total. The fourth-order valence-electron chi connectivity index (χ4n) is 1.70. The summed E-state index contributed by atoms with van der Waals surface area (Å²) < 4.78 is 5.11. The second-order valence-corrected chi connectivity index (χ2v) is 6.25. The Morgan fingerprint density at radius 3 is 2.77 bits per heavy atom. The van der Waals surface area contributed by atoms with E-state index in [-0.39, 0.29) is 18.7 Å². The second-order valence-electron chi connectivity index (χ2n) is 5.31. The molecule has 2 heterocycles. The number of carboxylic acids is 1. The molecule has 0 aromatic carbocycles. The minimum absolute atomic E-state index is 0.110. The fraction of sp³-hybridized carbons (Fsp3) is 0.429. The highest BCUT2D eigenvalue weighted by Gasteiger charge is 2.34. The topological polar surface area (TPSA) is 96.5 Å². The predicted octanol–water partition coefficient (Wildman–Crippen LogP) is 2.05. The van der Waals surface area contributed by atoms with Gasteiger partial charge in [-0.3, -0.25) is 4.79 Å². The van der Waals surface area contributed by atoms with Gasteiger partial charge in [0.1, 0.15) is 5.54 Å². The molecule has 1 amide bonds. The summed E-state index contributed by atoms with van der Waals surface area (Å²) >= 11 is 1.50. The van der Waals surface area contributed by atoms with E-state index in [0.29, 0.717) is 11.7 Å². The Balaban J connectivity index is 1.96. The van der Waals surface area contributed by atoms with Crippen molar-refractivity contribution in [3.05, 3.63) is 23.4 Å². The first-order chi connectivity index (χ1) is 10.3. The Bertz CT molecular complexity index is 663. The van der Waals surface area contributed by atoms with Gasteiger partial charge in [0.2, 0.25) is 17.6 Å². The molecule has 0 aliphatic heterocycles. The zero-order valence-corrected chi connectivity index (χ0v) is 13.4. The summed E-state index contributed by atoms with van der Waals surface area (Å²) in [5, 5.41) is 14.9. The molecular formula is C14H17N3O4S. The third kappa shape index (κ3) is 3.33. The maximum atomic E-state index is 12.1. The van der Waals surface area contributed by atoms with Crippen LogP contribution in [0.1, 0.15) is 26.2 Å². The lowest BCUT2D eigenvalue weighted by Crippen LogP contribution is -2.50. The second kappa shape index (κ2) is 6.27. The van der Waals surface area contributed by atoms with Crippen molar-refractivity contribution in [2.45, 2.75) is 32.2 Å². The fourth-order valence-corrected chi connectivity index (χ4v) is 2.35. The van der Waals surface area contributed by atoms with Crippen LogP contribution in [0.4, 0.5) is 0 Å². The van der Waals surface area contributed by atoms with Gasteiger partial charge in [0, 0.05) is 19.9 Å². The van der Waals surface area contributed by atoms with E-state index in [1.54, 1.807) is 0 Å². The average Bonchev–Trinajstić information content (AvgIpc) is 3.14. The van der Waals surface area contributed by atoms with Crippen LogP contribution in [0.25, 0.3) is 10.7 Å². The number of nitrogens with zero attached hydrogens (tertiary/aromatic N) is 3. The normalized spacial score (nSPS) is 11.4. The molecule has 0 bridgehead atoms. The highest BCUT2D eigenvalue weighted by atomic mass is 32.1. The number of carbonyl (C=O) groups is 2. The van der Waals surface area contributed by atoms with Crippen LogP contribution in [-0.2, 0) is 16.0 Å². The Kier molecular flexibility index (Phi) is 4.60. The Labute approximate surface area is 131 Å². The van der Waals surface area contributed by atoms with Crippen LogP contribution in [0.15, 0.2) is 22.0 Å². The molecule has 7 nitrogen and oxygen atoms in total. The van der Waals surface area contributed by atoms with E-state index in [0.717, 1.165) is 4.88 Å². The van der Waals surface area contributed by atoms with Gasteiger partial charge in [-0.05, 0) is 25.3 Å². The zero-order valence-electron chi connectivity index (χ0n) is 12.6. The third-order valence-corrected chi connectivity index (χ3v) is 4.36. The first kappa shape index (κ1) is 16.2. The number of hydrogen-bond donors (Lipinski definition) is 1. The quantitative estimate of drug-likeness (QED) is 0.874. The number of aryl methyl sites for hydroxylation is 1. The molecule has 0 fully saturated rings. The van der Waals surface area contributed by atoms with Gasteiger partial charge in [-0.25, -0.2) is 4.79 Å². The number of carboxylic acid groups (broad SMARTS) is 1. The lowest BCUT2D eigenvalue weighted by atomic mass is 10.0. The van der Waals surface area contributed by atoms with Crippen LogP contribution < -0.4 is 0 Å². The molecule has 118 valence electrons. The van der Waals surface area contributed by atoms with Crippen molar-refractivity contribution < 1.29 is 19.2 Å². The zero-order chi connectivity index (χ0) is 16.3. The minimum atomic E-state index is -1.26. The van der Waals surface area contributed by atoms with E-state index in [1.807, 2.05) is 17.5 Å². The maximum absolute atomic E-state index is 12.1. The van der Waals surface area contributed by atoms with Crippen molar-refractivity contribution in [1.29, 1.82) is 0 Å². The van der Waals surface area contributed by atoms with Gasteiger partial charge >= 0.3 is 5.97 Å². The van der Waals surface area contributed by atoms with Crippen molar-refractivity contribution in [2.24, 2.45) is 0 Å². The minimum Gasteiger partial charge on any atom is -0.480 e. The van der Waals surface area contributed by atoms with Crippen molar-refractivity contribution >= 4 is 23.2 Å². The van der Waals surface area contributed by atoms with Gasteiger partial charge in [0.05, 0.1) is 4.88 Å². The molecule has 8 heteroatoms. The van der Waals surface area contributed by atoms with E-state index < -0.39 is 11.5 Å². The lowest BCUT2D eigenvalue weighted by Gasteiger charge is -2.31. The highest BCUT2D eigenvalue weighted by molar-refractivity contribution is 7.13. The number of aromatic nitrogens is 2. The number of aliphatic carboxylic acids is 1. The molecule has 0 unspecified atom stereocenters. The molecular weight excluding hydrogens is 306 g/mol. The third-order valence-electron chi connectivity index (χ3n) is 3.50. The molecule has 22 heavy (non-hydrogen) atoms. The molecule has 0 atom stereocenters. The summed E-state index contributed by atoms with van der Waals surface area (Å²) in [5.74, 6) is -0.487. The number of hydrogen-bond acceptors (Lipinski definition) is 6. The van der Waals surface area contributed by atoms with Crippen LogP contribution in [0, 0.1) is 0 Å². The van der Waals surface area contributed by atoms with Gasteiger partial charge in [-0.15, -0.1) is 11.3 Å². The van der Waals surface area contributed by atoms with Crippen LogP contribution in [0.5, 0.6) is 0 Å². The number of rotatable bonds is 6. The van der Waals surface area contributed by atoms with E-state index in [1.165, 1.54) is 37.1 Å². The predicted molar refractivity (Wildman–Crippen MR) is 80.4 cm³/mol. The van der Waals surface area contributed by atoms with Crippen molar-refractivity contribution in [2.75, 3.05) is 7.05 Å². The number of thiophene rings is 1. The summed E-state index contributed by atoms with van der Waals surface area (Å²) in [5.41, 5.74) is -1.26. The van der Waals surface area contributed by atoms with E-state index in [9.17, 15) is 9.59 Å². The summed E-state index contributed by atoms with van der Waals surface area (Å²) in [4.78, 5) is 29.6. The van der Waals surface area contributed by atoms with Crippen molar-refractivity contribution in [3.63, 3.8) is 0 Å². The van der Waals surface area contributed by atoms with Crippen LogP contribution in [-0.4, -0.2) is 44.6 Å². The molecule has 0 aliphatic rings. The average molecular weight is 323 g/mol. The van der Waals surface area contributed by atoms with Crippen LogP contribution >= 0.6 is 11.3 Å². The molecule has 0 saturated heterocycles. The Hall–Kier alpha value is -2.22. The van der Waals surface area contributed by atoms with Gasteiger partial charge in [-0.1, -0.05) is 11.2 Å². The standard InChI is InChI=1S/C14H17N3O4S/c1-14(2,13(19)20)17(3)11(18)7-6-10-15-12(16-21-10)9-5-4-8-22-9/h4-5,8H,6-7H2,1-3H3,(H,19,20). The Morgan fingerprint density at radius 1 is 1.45 bits per heavy atom. The smallest absolute Gasteiger partial charge is 0.329 e. The monoisotopic (exact) mass is 323 g/mol. The molecule has 2 aromatic rings. The molecule has 0 spiro atoms. The van der Waals surface area contributed by atoms with E-state index in [2.05, 4.69) is 10.1 Å². The molecule has 0 saturated carbocycles. The van der Waals surface area contributed by atoms with Gasteiger partial charge in [-0.2, -0.15) is 4.98 Å². The maximum Gasteiger partial charge on any atom is 0.329 e. The highest BCUT2D eigenvalue weighted by Crippen LogP contribution is 2.22. The first-order valence-corrected chi connectivity index (χ1v) is 7.57. The van der Waals surface area contributed by atoms with Crippen molar-refractivity contribution in [3.8, 4) is 10.7 Å². The summed E-state index contributed by atoms with van der Waals surface area (Å²) in [7, 11) is 1.47. The van der Waals surface area contributed by atoms with E-state index >= 15 is 0 Å². The lowest BCUT2D eigenvalue weighted by molar-refractivity contribution is -0.155. The van der Waals surface area contributed by atoms with E-state index in [4.69, 9.17) is 9.63 Å². The molecule has 0 aliphatic carbocycles. The number of amides is 1. The van der Waals surface area contributed by atoms with Gasteiger partial charge < -0.3 is 14.5 Å². The van der Waals surface area contributed by atoms with Crippen molar-refractivity contribution in [1.82, 2.24) is 15.0 Å². The summed E-state index contributed by atoms with van der Waals surface area (Å²) in [6.45, 7) is 2.96. The Morgan fingerprint density at radius 2 is 2.18 bits per heavy atom. The number of likely N-dealkylation sites (N-methyl/N-ethyl adjacent to an activating group) is 1. The SMILES string of the molecule is CN(C(=O)CCc1nc(-c2cccs2)no1)C(C)(C)C(=O)O. The van der Waals surface area contributed by atoms with Crippen LogP contribution in [0.3, 0.4) is 0 Å². The van der Waals surface area contributed by atoms with Crippen LogP contribution in [0.2, 0.25) is 0 Å². The molecule has 2 aromatic heterocycles. The number of carbonyl (C=O) groups excluding carboxylic acids is 1. The largest absolute Gasteiger partial charge is 0.480 e. The van der Waals surface area contributed by atoms with Gasteiger partial charge in [0.15, 0.2) is 0 Å². The van der Waals surface area contributed by atoms with Gasteiger partial charge in [0.25, 0.3) is 0 Å². The summed E-state index contributed by atoms with van der Waals surface area (Å²) in [6.07, 6.45) is 0.385.